The Bertz CT molecular complexity index is 499. The normalized spacial score (nSPS) is 17.5. The molecule has 1 aliphatic rings. The van der Waals surface area contributed by atoms with Gasteiger partial charge in [-0.15, -0.1) is 0 Å². The molecule has 1 fully saturated rings. The van der Waals surface area contributed by atoms with Gasteiger partial charge in [0, 0.05) is 18.0 Å². The molecule has 1 saturated carbocycles. The molecule has 1 aromatic carbocycles. The molecule has 1 aliphatic carbocycles. The molecule has 1 heterocycles. The van der Waals surface area contributed by atoms with Crippen LogP contribution in [-0.4, -0.2) is 22.4 Å². The molecule has 1 unspecified atom stereocenters. The zero-order valence-corrected chi connectivity index (χ0v) is 10.3. The lowest BCUT2D eigenvalue weighted by atomic mass is 10.2. The van der Waals surface area contributed by atoms with E-state index in [1.807, 2.05) is 6.20 Å². The van der Waals surface area contributed by atoms with E-state index in [4.69, 9.17) is 0 Å². The van der Waals surface area contributed by atoms with E-state index in [2.05, 4.69) is 46.3 Å². The Balaban J connectivity index is 1.66. The predicted molar refractivity (Wildman–Crippen MR) is 69.9 cm³/mol. The maximum absolute atomic E-state index is 4.47. The molecule has 0 aliphatic heterocycles. The van der Waals surface area contributed by atoms with Gasteiger partial charge < -0.3 is 5.32 Å². The lowest BCUT2D eigenvalue weighted by molar-refractivity contribution is 0.428. The molecule has 0 spiro atoms. The summed E-state index contributed by atoms with van der Waals surface area (Å²) in [6.45, 7) is 4.37. The Hall–Kier alpha value is -1.35. The fourth-order valence-corrected chi connectivity index (χ4v) is 2.19. The van der Waals surface area contributed by atoms with Crippen LogP contribution in [-0.2, 0) is 6.54 Å². The topological polar surface area (TPSA) is 29.9 Å². The van der Waals surface area contributed by atoms with Crippen LogP contribution in [0.3, 0.4) is 0 Å². The van der Waals surface area contributed by atoms with Gasteiger partial charge in [0.15, 0.2) is 0 Å². The third-order valence-electron chi connectivity index (χ3n) is 3.37. The van der Waals surface area contributed by atoms with E-state index < -0.39 is 0 Å². The minimum atomic E-state index is 0.624. The smallest absolute Gasteiger partial charge is 0.0682 e. The van der Waals surface area contributed by atoms with Crippen molar-refractivity contribution in [2.75, 3.05) is 6.54 Å². The van der Waals surface area contributed by atoms with Crippen molar-refractivity contribution in [3.63, 3.8) is 0 Å². The van der Waals surface area contributed by atoms with E-state index in [-0.39, 0.29) is 0 Å². The molecule has 3 nitrogen and oxygen atoms in total. The van der Waals surface area contributed by atoms with Gasteiger partial charge in [0.2, 0.25) is 0 Å². The highest BCUT2D eigenvalue weighted by atomic mass is 15.3. The molecule has 17 heavy (non-hydrogen) atoms. The van der Waals surface area contributed by atoms with Gasteiger partial charge in [-0.05, 0) is 31.4 Å². The Kier molecular flexibility index (Phi) is 2.85. The minimum absolute atomic E-state index is 0.624. The van der Waals surface area contributed by atoms with Crippen LogP contribution < -0.4 is 5.32 Å². The van der Waals surface area contributed by atoms with Gasteiger partial charge in [-0.2, -0.15) is 5.10 Å². The Labute approximate surface area is 102 Å². The number of rotatable bonds is 5. The molecular weight excluding hydrogens is 210 g/mol. The quantitative estimate of drug-likeness (QED) is 0.853. The number of fused-ring (bicyclic) bond motifs is 1. The second kappa shape index (κ2) is 4.49. The standard InChI is InChI=1S/C14H19N3/c1-11(8-15-13-6-7-13)10-17-14-5-3-2-4-12(14)9-16-17/h2-5,9,11,13,15H,6-8,10H2,1H3. The lowest BCUT2D eigenvalue weighted by Crippen LogP contribution is -2.26. The van der Waals surface area contributed by atoms with Crippen LogP contribution in [0.25, 0.3) is 10.9 Å². The third kappa shape index (κ3) is 2.50. The fourth-order valence-electron chi connectivity index (χ4n) is 2.19. The first-order valence-electron chi connectivity index (χ1n) is 6.47. The summed E-state index contributed by atoms with van der Waals surface area (Å²) in [6.07, 6.45) is 4.67. The summed E-state index contributed by atoms with van der Waals surface area (Å²) in [7, 11) is 0. The number of hydrogen-bond donors (Lipinski definition) is 1. The Morgan fingerprint density at radius 3 is 3.06 bits per heavy atom. The van der Waals surface area contributed by atoms with Gasteiger partial charge >= 0.3 is 0 Å². The average molecular weight is 229 g/mol. The average Bonchev–Trinajstić information content (AvgIpc) is 3.10. The van der Waals surface area contributed by atoms with E-state index in [0.717, 1.165) is 19.1 Å². The largest absolute Gasteiger partial charge is 0.314 e. The highest BCUT2D eigenvalue weighted by molar-refractivity contribution is 5.78. The van der Waals surface area contributed by atoms with Gasteiger partial charge in [0.25, 0.3) is 0 Å². The maximum Gasteiger partial charge on any atom is 0.0682 e. The molecule has 90 valence electrons. The molecule has 0 amide bonds. The number of hydrogen-bond acceptors (Lipinski definition) is 2. The maximum atomic E-state index is 4.47. The molecular formula is C14H19N3. The van der Waals surface area contributed by atoms with Crippen LogP contribution in [0.1, 0.15) is 19.8 Å². The summed E-state index contributed by atoms with van der Waals surface area (Å²) in [5.74, 6) is 0.624. The molecule has 3 heteroatoms. The van der Waals surface area contributed by atoms with Crippen molar-refractivity contribution in [2.24, 2.45) is 5.92 Å². The number of aromatic nitrogens is 2. The van der Waals surface area contributed by atoms with Gasteiger partial charge in [-0.25, -0.2) is 0 Å². The lowest BCUT2D eigenvalue weighted by Gasteiger charge is -2.13. The fraction of sp³-hybridized carbons (Fsp3) is 0.500. The van der Waals surface area contributed by atoms with E-state index >= 15 is 0 Å². The zero-order valence-electron chi connectivity index (χ0n) is 10.3. The van der Waals surface area contributed by atoms with Crippen molar-refractivity contribution in [3.8, 4) is 0 Å². The molecule has 0 saturated heterocycles. The molecule has 1 atom stereocenters. The van der Waals surface area contributed by atoms with Gasteiger partial charge in [0.1, 0.15) is 0 Å². The summed E-state index contributed by atoms with van der Waals surface area (Å²) < 4.78 is 2.12. The molecule has 0 radical (unpaired) electrons. The highest BCUT2D eigenvalue weighted by Gasteiger charge is 2.21. The number of benzene rings is 1. The van der Waals surface area contributed by atoms with Crippen molar-refractivity contribution in [2.45, 2.75) is 32.4 Å². The molecule has 2 aromatic rings. The van der Waals surface area contributed by atoms with Crippen LogP contribution >= 0.6 is 0 Å². The monoisotopic (exact) mass is 229 g/mol. The SMILES string of the molecule is CC(CNC1CC1)Cn1ncc2ccccc21. The van der Waals surface area contributed by atoms with E-state index in [9.17, 15) is 0 Å². The van der Waals surface area contributed by atoms with Crippen LogP contribution in [0.15, 0.2) is 30.5 Å². The summed E-state index contributed by atoms with van der Waals surface area (Å²) in [5.41, 5.74) is 1.24. The van der Waals surface area contributed by atoms with Crippen molar-refractivity contribution in [1.82, 2.24) is 15.1 Å². The second-order valence-corrected chi connectivity index (χ2v) is 5.17. The van der Waals surface area contributed by atoms with E-state index in [0.29, 0.717) is 5.92 Å². The van der Waals surface area contributed by atoms with Crippen LogP contribution in [0.2, 0.25) is 0 Å². The van der Waals surface area contributed by atoms with E-state index in [1.165, 1.54) is 23.7 Å². The van der Waals surface area contributed by atoms with Gasteiger partial charge in [-0.3, -0.25) is 4.68 Å². The van der Waals surface area contributed by atoms with Crippen molar-refractivity contribution >= 4 is 10.9 Å². The molecule has 3 rings (SSSR count). The molecule has 1 N–H and O–H groups in total. The molecule has 0 bridgehead atoms. The van der Waals surface area contributed by atoms with Crippen LogP contribution in [0.5, 0.6) is 0 Å². The Morgan fingerprint density at radius 2 is 2.24 bits per heavy atom. The summed E-state index contributed by atoms with van der Waals surface area (Å²) in [4.78, 5) is 0. The predicted octanol–water partition coefficient (Wildman–Crippen LogP) is 2.42. The van der Waals surface area contributed by atoms with E-state index in [1.54, 1.807) is 0 Å². The highest BCUT2D eigenvalue weighted by Crippen LogP contribution is 2.19. The van der Waals surface area contributed by atoms with Gasteiger partial charge in [0.05, 0.1) is 11.7 Å². The first-order valence-corrected chi connectivity index (χ1v) is 6.47. The second-order valence-electron chi connectivity index (χ2n) is 5.17. The molecule has 1 aromatic heterocycles. The third-order valence-corrected chi connectivity index (χ3v) is 3.37. The van der Waals surface area contributed by atoms with Crippen LogP contribution in [0, 0.1) is 5.92 Å². The minimum Gasteiger partial charge on any atom is -0.314 e. The zero-order chi connectivity index (χ0) is 11.7. The summed E-state index contributed by atoms with van der Waals surface area (Å²) in [6, 6.07) is 9.20. The van der Waals surface area contributed by atoms with Gasteiger partial charge in [-0.1, -0.05) is 25.1 Å². The van der Waals surface area contributed by atoms with Crippen molar-refractivity contribution < 1.29 is 0 Å². The van der Waals surface area contributed by atoms with Crippen molar-refractivity contribution in [1.29, 1.82) is 0 Å². The van der Waals surface area contributed by atoms with Crippen molar-refractivity contribution in [3.05, 3.63) is 30.5 Å². The first kappa shape index (κ1) is 10.8. The van der Waals surface area contributed by atoms with Crippen LogP contribution in [0.4, 0.5) is 0 Å². The Morgan fingerprint density at radius 1 is 1.41 bits per heavy atom. The number of nitrogens with zero attached hydrogens (tertiary/aromatic N) is 2. The summed E-state index contributed by atoms with van der Waals surface area (Å²) >= 11 is 0. The number of para-hydroxylation sites is 1. The summed E-state index contributed by atoms with van der Waals surface area (Å²) in [5, 5.41) is 9.27. The first-order chi connectivity index (χ1) is 8.33. The number of nitrogens with one attached hydrogen (secondary N) is 1.